The molecule has 0 fully saturated rings. The molecule has 0 spiro atoms. The first-order valence-electron chi connectivity index (χ1n) is 7.42. The highest BCUT2D eigenvalue weighted by atomic mass is 19.1. The second-order valence-corrected chi connectivity index (χ2v) is 5.79. The Morgan fingerprint density at radius 3 is 2.57 bits per heavy atom. The third-order valence-electron chi connectivity index (χ3n) is 4.27. The number of nitrogens with one attached hydrogen (secondary N) is 1. The van der Waals surface area contributed by atoms with Crippen molar-refractivity contribution >= 4 is 5.69 Å². The molecule has 21 heavy (non-hydrogen) atoms. The standard InChI is InChI=1S/C18H21FN2/c1-18(16-8-3-2-4-9-16)14-21(12-11-19)17-10-6-5-7-15(17)13-20-18/h2-10,20H,11-14H2,1H3. The molecule has 1 N–H and O–H groups in total. The Morgan fingerprint density at radius 1 is 1.10 bits per heavy atom. The number of fused-ring (bicyclic) bond motifs is 1. The summed E-state index contributed by atoms with van der Waals surface area (Å²) >= 11 is 0. The summed E-state index contributed by atoms with van der Waals surface area (Å²) in [7, 11) is 0. The molecule has 0 saturated carbocycles. The maximum Gasteiger partial charge on any atom is 0.107 e. The summed E-state index contributed by atoms with van der Waals surface area (Å²) in [5, 5.41) is 3.65. The molecule has 0 amide bonds. The minimum atomic E-state index is -0.334. The topological polar surface area (TPSA) is 15.3 Å². The number of nitrogens with zero attached hydrogens (tertiary/aromatic N) is 1. The third kappa shape index (κ3) is 2.79. The lowest BCUT2D eigenvalue weighted by atomic mass is 9.91. The van der Waals surface area contributed by atoms with Crippen molar-refractivity contribution in [2.45, 2.75) is 19.0 Å². The van der Waals surface area contributed by atoms with Crippen LogP contribution in [0, 0.1) is 0 Å². The van der Waals surface area contributed by atoms with Crippen LogP contribution in [0.4, 0.5) is 10.1 Å². The van der Waals surface area contributed by atoms with E-state index in [0.717, 1.165) is 18.8 Å². The molecule has 1 aliphatic rings. The fourth-order valence-electron chi connectivity index (χ4n) is 3.08. The van der Waals surface area contributed by atoms with Gasteiger partial charge in [0.1, 0.15) is 6.67 Å². The highest BCUT2D eigenvalue weighted by Crippen LogP contribution is 2.31. The van der Waals surface area contributed by atoms with Crippen molar-refractivity contribution in [3.05, 3.63) is 65.7 Å². The molecule has 0 aliphatic carbocycles. The lowest BCUT2D eigenvalue weighted by molar-refractivity contribution is 0.366. The van der Waals surface area contributed by atoms with E-state index in [1.54, 1.807) is 0 Å². The van der Waals surface area contributed by atoms with Gasteiger partial charge in [-0.1, -0.05) is 48.5 Å². The van der Waals surface area contributed by atoms with Crippen LogP contribution in [0.5, 0.6) is 0 Å². The zero-order valence-corrected chi connectivity index (χ0v) is 12.3. The van der Waals surface area contributed by atoms with E-state index in [9.17, 15) is 4.39 Å². The molecule has 1 atom stereocenters. The fourth-order valence-corrected chi connectivity index (χ4v) is 3.08. The third-order valence-corrected chi connectivity index (χ3v) is 4.27. The van der Waals surface area contributed by atoms with Crippen LogP contribution in [-0.4, -0.2) is 19.8 Å². The summed E-state index contributed by atoms with van der Waals surface area (Å²) in [5.41, 5.74) is 3.42. The number of benzene rings is 2. The second kappa shape index (κ2) is 5.86. The predicted octanol–water partition coefficient (Wildman–Crippen LogP) is 3.48. The lowest BCUT2D eigenvalue weighted by Crippen LogP contribution is -2.47. The van der Waals surface area contributed by atoms with Gasteiger partial charge in [-0.2, -0.15) is 0 Å². The Bertz CT molecular complexity index is 599. The Kier molecular flexibility index (Phi) is 3.93. The number of alkyl halides is 1. The van der Waals surface area contributed by atoms with Crippen molar-refractivity contribution in [1.82, 2.24) is 5.32 Å². The first kappa shape index (κ1) is 14.1. The minimum Gasteiger partial charge on any atom is -0.366 e. The quantitative estimate of drug-likeness (QED) is 0.928. The van der Waals surface area contributed by atoms with Crippen LogP contribution in [0.3, 0.4) is 0 Å². The van der Waals surface area contributed by atoms with Crippen LogP contribution in [0.15, 0.2) is 54.6 Å². The molecule has 2 aromatic carbocycles. The molecule has 3 heteroatoms. The normalized spacial score (nSPS) is 21.7. The molecule has 0 bridgehead atoms. The summed E-state index contributed by atoms with van der Waals surface area (Å²) in [6.45, 7) is 3.85. The van der Waals surface area contributed by atoms with Gasteiger partial charge in [-0.3, -0.25) is 0 Å². The largest absolute Gasteiger partial charge is 0.366 e. The minimum absolute atomic E-state index is 0.185. The average molecular weight is 284 g/mol. The van der Waals surface area contributed by atoms with Gasteiger partial charge in [0.2, 0.25) is 0 Å². The van der Waals surface area contributed by atoms with Crippen LogP contribution in [0.2, 0.25) is 0 Å². The van der Waals surface area contributed by atoms with E-state index in [4.69, 9.17) is 0 Å². The molecular weight excluding hydrogens is 263 g/mol. The van der Waals surface area contributed by atoms with Gasteiger partial charge < -0.3 is 10.2 Å². The molecule has 2 nitrogen and oxygen atoms in total. The maximum absolute atomic E-state index is 13.0. The lowest BCUT2D eigenvalue weighted by Gasteiger charge is -2.35. The van der Waals surface area contributed by atoms with E-state index in [1.165, 1.54) is 11.1 Å². The van der Waals surface area contributed by atoms with Crippen LogP contribution < -0.4 is 10.2 Å². The first-order chi connectivity index (χ1) is 10.2. The number of hydrogen-bond donors (Lipinski definition) is 1. The van der Waals surface area contributed by atoms with Crippen molar-refractivity contribution < 1.29 is 4.39 Å². The number of anilines is 1. The summed E-state index contributed by atoms with van der Waals surface area (Å²) in [6.07, 6.45) is 0. The van der Waals surface area contributed by atoms with E-state index in [-0.39, 0.29) is 12.2 Å². The monoisotopic (exact) mass is 284 g/mol. The SMILES string of the molecule is CC1(c2ccccc2)CN(CCF)c2ccccc2CN1. The van der Waals surface area contributed by atoms with Gasteiger partial charge in [-0.15, -0.1) is 0 Å². The summed E-state index contributed by atoms with van der Waals surface area (Å²) in [4.78, 5) is 2.16. The smallest absolute Gasteiger partial charge is 0.107 e. The van der Waals surface area contributed by atoms with Gasteiger partial charge in [0, 0.05) is 25.3 Å². The molecule has 2 aromatic rings. The molecule has 0 radical (unpaired) electrons. The Balaban J connectivity index is 1.98. The fraction of sp³-hybridized carbons (Fsp3) is 0.333. The van der Waals surface area contributed by atoms with Gasteiger partial charge in [0.05, 0.1) is 5.54 Å². The van der Waals surface area contributed by atoms with Crippen molar-refractivity contribution in [2.24, 2.45) is 0 Å². The Labute approximate surface area is 125 Å². The van der Waals surface area contributed by atoms with Crippen LogP contribution in [0.25, 0.3) is 0 Å². The van der Waals surface area contributed by atoms with Crippen molar-refractivity contribution in [2.75, 3.05) is 24.7 Å². The van der Waals surface area contributed by atoms with Crippen molar-refractivity contribution in [3.63, 3.8) is 0 Å². The van der Waals surface area contributed by atoms with Gasteiger partial charge in [-0.05, 0) is 24.1 Å². The highest BCUT2D eigenvalue weighted by molar-refractivity contribution is 5.55. The second-order valence-electron chi connectivity index (χ2n) is 5.79. The van der Waals surface area contributed by atoms with Crippen LogP contribution >= 0.6 is 0 Å². The van der Waals surface area contributed by atoms with E-state index in [0.29, 0.717) is 6.54 Å². The number of halogens is 1. The Hall–Kier alpha value is -1.87. The van der Waals surface area contributed by atoms with Crippen LogP contribution in [0.1, 0.15) is 18.1 Å². The van der Waals surface area contributed by atoms with Gasteiger partial charge >= 0.3 is 0 Å². The van der Waals surface area contributed by atoms with E-state index >= 15 is 0 Å². The van der Waals surface area contributed by atoms with E-state index in [1.807, 2.05) is 18.2 Å². The van der Waals surface area contributed by atoms with Crippen molar-refractivity contribution in [1.29, 1.82) is 0 Å². The summed E-state index contributed by atoms with van der Waals surface area (Å²) in [6, 6.07) is 18.7. The van der Waals surface area contributed by atoms with Crippen molar-refractivity contribution in [3.8, 4) is 0 Å². The zero-order chi connectivity index (χ0) is 14.7. The molecule has 110 valence electrons. The summed E-state index contributed by atoms with van der Waals surface area (Å²) in [5.74, 6) is 0. The molecule has 1 heterocycles. The molecule has 1 unspecified atom stereocenters. The number of para-hydroxylation sites is 1. The van der Waals surface area contributed by atoms with Crippen LogP contribution in [-0.2, 0) is 12.1 Å². The predicted molar refractivity (Wildman–Crippen MR) is 85.3 cm³/mol. The summed E-state index contributed by atoms with van der Waals surface area (Å²) < 4.78 is 13.0. The van der Waals surface area contributed by atoms with E-state index in [2.05, 4.69) is 53.5 Å². The molecule has 3 rings (SSSR count). The molecule has 1 aliphatic heterocycles. The number of hydrogen-bond acceptors (Lipinski definition) is 2. The molecule has 0 aromatic heterocycles. The average Bonchev–Trinajstić information content (AvgIpc) is 2.67. The van der Waals surface area contributed by atoms with Gasteiger partial charge in [-0.25, -0.2) is 4.39 Å². The molecular formula is C18H21FN2. The zero-order valence-electron chi connectivity index (χ0n) is 12.3. The highest BCUT2D eigenvalue weighted by Gasteiger charge is 2.32. The maximum atomic E-state index is 13.0. The van der Waals surface area contributed by atoms with Gasteiger partial charge in [0.15, 0.2) is 0 Å². The Morgan fingerprint density at radius 2 is 1.81 bits per heavy atom. The molecule has 0 saturated heterocycles. The first-order valence-corrected chi connectivity index (χ1v) is 7.42. The number of rotatable bonds is 3. The van der Waals surface area contributed by atoms with Gasteiger partial charge in [0.25, 0.3) is 0 Å². The van der Waals surface area contributed by atoms with E-state index < -0.39 is 0 Å².